The molecule has 0 saturated carbocycles. The van der Waals surface area contributed by atoms with Crippen molar-refractivity contribution in [3.63, 3.8) is 0 Å². The van der Waals surface area contributed by atoms with Gasteiger partial charge in [-0.3, -0.25) is 4.79 Å². The van der Waals surface area contributed by atoms with E-state index >= 15 is 0 Å². The van der Waals surface area contributed by atoms with Gasteiger partial charge in [0.25, 0.3) is 11.8 Å². The lowest BCUT2D eigenvalue weighted by Gasteiger charge is -2.13. The molecule has 3 aromatic rings. The van der Waals surface area contributed by atoms with E-state index in [2.05, 4.69) is 35.9 Å². The molecule has 2 N–H and O–H groups in total. The van der Waals surface area contributed by atoms with Crippen molar-refractivity contribution in [2.45, 2.75) is 0 Å². The van der Waals surface area contributed by atoms with Gasteiger partial charge in [-0.05, 0) is 28.1 Å². The fourth-order valence-electron chi connectivity index (χ4n) is 2.10. The summed E-state index contributed by atoms with van der Waals surface area (Å²) in [5.74, 6) is -0.116. The molecular formula is C18H15BrClN5O5. The Hall–Kier alpha value is -3.18. The molecule has 10 nitrogen and oxygen atoms in total. The van der Waals surface area contributed by atoms with Crippen LogP contribution in [0.4, 0.5) is 0 Å². The molecule has 0 aliphatic rings. The van der Waals surface area contributed by atoms with Crippen LogP contribution in [0.1, 0.15) is 10.6 Å². The molecule has 0 bridgehead atoms. The molecule has 0 atom stereocenters. The molecule has 30 heavy (non-hydrogen) atoms. The maximum atomic E-state index is 11.4. The van der Waals surface area contributed by atoms with Crippen molar-refractivity contribution in [1.29, 1.82) is 0 Å². The minimum absolute atomic E-state index is 0.0157. The molecule has 0 spiro atoms. The number of benzene rings is 1. The lowest BCUT2D eigenvalue weighted by molar-refractivity contribution is 0.0988. The summed E-state index contributed by atoms with van der Waals surface area (Å²) >= 11 is 9.41. The van der Waals surface area contributed by atoms with E-state index < -0.39 is 5.91 Å². The van der Waals surface area contributed by atoms with Gasteiger partial charge in [-0.15, -0.1) is 0 Å². The Morgan fingerprint density at radius 2 is 1.83 bits per heavy atom. The molecule has 0 saturated heterocycles. The Bertz CT molecular complexity index is 1040. The molecule has 1 aromatic carbocycles. The van der Waals surface area contributed by atoms with E-state index in [0.29, 0.717) is 10.8 Å². The van der Waals surface area contributed by atoms with E-state index in [9.17, 15) is 4.79 Å². The Morgan fingerprint density at radius 3 is 2.53 bits per heavy atom. The highest BCUT2D eigenvalue weighted by Crippen LogP contribution is 2.35. The van der Waals surface area contributed by atoms with Crippen molar-refractivity contribution in [1.82, 2.24) is 19.9 Å². The molecule has 3 rings (SSSR count). The topological polar surface area (TPSA) is 132 Å². The van der Waals surface area contributed by atoms with Gasteiger partial charge >= 0.3 is 6.01 Å². The average Bonchev–Trinajstić information content (AvgIpc) is 2.74. The normalized spacial score (nSPS) is 10.4. The van der Waals surface area contributed by atoms with Crippen LogP contribution >= 0.6 is 27.5 Å². The minimum Gasteiger partial charge on any atom is -0.497 e. The highest BCUT2D eigenvalue weighted by atomic mass is 79.9. The molecular weight excluding hydrogens is 482 g/mol. The Kier molecular flexibility index (Phi) is 7.20. The van der Waals surface area contributed by atoms with Crippen LogP contribution in [0.25, 0.3) is 0 Å². The molecule has 0 fully saturated rings. The van der Waals surface area contributed by atoms with Gasteiger partial charge in [0.05, 0.1) is 22.8 Å². The number of nitrogens with two attached hydrogens (primary N) is 1. The predicted molar refractivity (Wildman–Crippen MR) is 109 cm³/mol. The monoisotopic (exact) mass is 495 g/mol. The summed E-state index contributed by atoms with van der Waals surface area (Å²) in [6.45, 7) is 0.160. The number of carbonyl (C=O) groups is 1. The highest BCUT2D eigenvalue weighted by molar-refractivity contribution is 9.10. The van der Waals surface area contributed by atoms with E-state index in [1.165, 1.54) is 13.3 Å². The molecule has 2 aromatic heterocycles. The van der Waals surface area contributed by atoms with E-state index in [0.717, 1.165) is 4.47 Å². The minimum atomic E-state index is -0.815. The summed E-state index contributed by atoms with van der Waals surface area (Å²) < 4.78 is 22.6. The van der Waals surface area contributed by atoms with Crippen LogP contribution in [0, 0.1) is 0 Å². The average molecular weight is 497 g/mol. The number of rotatable bonds is 9. The molecule has 0 unspecified atom stereocenters. The third-order valence-corrected chi connectivity index (χ3v) is 4.17. The number of nitrogens with zero attached hydrogens (tertiary/aromatic N) is 4. The Labute approximate surface area is 184 Å². The number of aromatic nitrogens is 4. The first-order chi connectivity index (χ1) is 14.5. The van der Waals surface area contributed by atoms with E-state index in [4.69, 9.17) is 36.3 Å². The van der Waals surface area contributed by atoms with Crippen molar-refractivity contribution in [3.05, 3.63) is 52.1 Å². The van der Waals surface area contributed by atoms with Crippen molar-refractivity contribution in [2.75, 3.05) is 20.3 Å². The number of amides is 1. The Morgan fingerprint density at radius 1 is 1.10 bits per heavy atom. The number of halogens is 2. The number of hydrogen-bond donors (Lipinski definition) is 1. The first kappa shape index (κ1) is 21.5. The van der Waals surface area contributed by atoms with Crippen molar-refractivity contribution in [3.8, 4) is 29.1 Å². The molecule has 1 amide bonds. The maximum Gasteiger partial charge on any atom is 0.316 e. The second-order valence-corrected chi connectivity index (χ2v) is 6.83. The number of hydrogen-bond acceptors (Lipinski definition) is 9. The Balaban J connectivity index is 1.73. The van der Waals surface area contributed by atoms with Crippen LogP contribution in [0.15, 0.2) is 41.3 Å². The number of ether oxygens (including phenoxy) is 4. The van der Waals surface area contributed by atoms with E-state index in [1.54, 1.807) is 30.6 Å². The van der Waals surface area contributed by atoms with Crippen LogP contribution < -0.4 is 24.7 Å². The quantitative estimate of drug-likeness (QED) is 0.444. The SMILES string of the molecule is COc1ccc(Cl)c(Oc2cnc(C(N)=O)nc2OCCOc2ncc(Br)cn2)c1. The zero-order chi connectivity index (χ0) is 21.5. The fraction of sp³-hybridized carbons (Fsp3) is 0.167. The zero-order valence-electron chi connectivity index (χ0n) is 15.5. The lowest BCUT2D eigenvalue weighted by Crippen LogP contribution is -2.17. The molecule has 0 radical (unpaired) electrons. The van der Waals surface area contributed by atoms with Gasteiger partial charge in [0.1, 0.15) is 24.7 Å². The van der Waals surface area contributed by atoms with Crippen molar-refractivity contribution < 1.29 is 23.7 Å². The highest BCUT2D eigenvalue weighted by Gasteiger charge is 2.16. The van der Waals surface area contributed by atoms with Crippen LogP contribution in [0.2, 0.25) is 5.02 Å². The number of methoxy groups -OCH3 is 1. The summed E-state index contributed by atoms with van der Waals surface area (Å²) in [6, 6.07) is 5.06. The molecule has 2 heterocycles. The largest absolute Gasteiger partial charge is 0.497 e. The maximum absolute atomic E-state index is 11.4. The summed E-state index contributed by atoms with van der Waals surface area (Å²) in [5.41, 5.74) is 5.25. The standard InChI is InChI=1S/C18H15BrClN5O5/c1-27-11-2-3-12(20)13(6-11)30-14-9-22-16(15(21)26)25-17(14)28-4-5-29-18-23-7-10(19)8-24-18/h2-3,6-9H,4-5H2,1H3,(H2,21,26). The van der Waals surface area contributed by atoms with Gasteiger partial charge in [-0.25, -0.2) is 15.0 Å². The molecule has 0 aliphatic carbocycles. The van der Waals surface area contributed by atoms with Crippen molar-refractivity contribution in [2.24, 2.45) is 5.73 Å². The summed E-state index contributed by atoms with van der Waals surface area (Å²) in [6.07, 6.45) is 4.37. The van der Waals surface area contributed by atoms with Gasteiger partial charge in [-0.1, -0.05) is 11.6 Å². The van der Waals surface area contributed by atoms with Crippen molar-refractivity contribution >= 4 is 33.4 Å². The summed E-state index contributed by atoms with van der Waals surface area (Å²) in [7, 11) is 1.52. The van der Waals surface area contributed by atoms with Gasteiger partial charge in [0.15, 0.2) is 0 Å². The third kappa shape index (κ3) is 5.67. The van der Waals surface area contributed by atoms with Crippen LogP contribution in [-0.2, 0) is 0 Å². The second kappa shape index (κ2) is 10.0. The molecule has 12 heteroatoms. The second-order valence-electron chi connectivity index (χ2n) is 5.51. The summed E-state index contributed by atoms with van der Waals surface area (Å²) in [4.78, 5) is 27.3. The van der Waals surface area contributed by atoms with Gasteiger partial charge in [0, 0.05) is 18.5 Å². The van der Waals surface area contributed by atoms with Gasteiger partial charge in [0.2, 0.25) is 11.6 Å². The first-order valence-electron chi connectivity index (χ1n) is 8.37. The first-order valence-corrected chi connectivity index (χ1v) is 9.54. The van der Waals surface area contributed by atoms with Gasteiger partial charge in [-0.2, -0.15) is 4.98 Å². The fourth-order valence-corrected chi connectivity index (χ4v) is 2.46. The summed E-state index contributed by atoms with van der Waals surface area (Å²) in [5, 5.41) is 0.330. The molecule has 156 valence electrons. The predicted octanol–water partition coefficient (Wildman–Crippen LogP) is 3.04. The van der Waals surface area contributed by atoms with Crippen LogP contribution in [0.3, 0.4) is 0 Å². The van der Waals surface area contributed by atoms with Crippen LogP contribution in [0.5, 0.6) is 29.1 Å². The third-order valence-electron chi connectivity index (χ3n) is 3.45. The number of primary amides is 1. The van der Waals surface area contributed by atoms with E-state index in [-0.39, 0.29) is 42.4 Å². The smallest absolute Gasteiger partial charge is 0.316 e. The van der Waals surface area contributed by atoms with E-state index in [1.807, 2.05) is 0 Å². The zero-order valence-corrected chi connectivity index (χ0v) is 17.9. The lowest BCUT2D eigenvalue weighted by atomic mass is 10.3. The van der Waals surface area contributed by atoms with Crippen LogP contribution in [-0.4, -0.2) is 46.2 Å². The number of carbonyl (C=O) groups excluding carboxylic acids is 1. The molecule has 0 aliphatic heterocycles. The van der Waals surface area contributed by atoms with Gasteiger partial charge < -0.3 is 24.7 Å².